The number of rotatable bonds is 4. The second-order valence-electron chi connectivity index (χ2n) is 6.13. The Labute approximate surface area is 128 Å². The number of aliphatic carboxylic acids is 1. The van der Waals surface area contributed by atoms with E-state index in [1.54, 1.807) is 0 Å². The van der Waals surface area contributed by atoms with E-state index in [1.807, 2.05) is 11.6 Å². The summed E-state index contributed by atoms with van der Waals surface area (Å²) in [4.78, 5) is 23.8. The molecule has 0 bridgehead atoms. The molecule has 0 aromatic carbocycles. The zero-order valence-electron chi connectivity index (χ0n) is 12.7. The maximum atomic E-state index is 12.4. The van der Waals surface area contributed by atoms with Gasteiger partial charge in [0.2, 0.25) is 0 Å². The lowest BCUT2D eigenvalue weighted by Crippen LogP contribution is -2.59. The fourth-order valence-corrected chi connectivity index (χ4v) is 3.15. The van der Waals surface area contributed by atoms with E-state index >= 15 is 0 Å². The lowest BCUT2D eigenvalue weighted by molar-refractivity contribution is -0.148. The molecule has 1 aliphatic heterocycles. The Morgan fingerprint density at radius 3 is 2.64 bits per heavy atom. The van der Waals surface area contributed by atoms with Crippen LogP contribution in [0.2, 0.25) is 0 Å². The normalized spacial score (nSPS) is 21.1. The first kappa shape index (κ1) is 15.0. The van der Waals surface area contributed by atoms with Crippen LogP contribution in [0.5, 0.6) is 0 Å². The third-order valence-corrected chi connectivity index (χ3v) is 4.80. The summed E-state index contributed by atoms with van der Waals surface area (Å²) < 4.78 is 7.21. The van der Waals surface area contributed by atoms with Gasteiger partial charge in [-0.15, -0.1) is 0 Å². The van der Waals surface area contributed by atoms with E-state index in [9.17, 15) is 14.7 Å². The molecule has 0 atom stereocenters. The second-order valence-corrected chi connectivity index (χ2v) is 6.13. The van der Waals surface area contributed by atoms with E-state index in [2.05, 4.69) is 10.4 Å². The number of carboxylic acids is 1. The molecule has 0 radical (unpaired) electrons. The summed E-state index contributed by atoms with van der Waals surface area (Å²) in [6.07, 6.45) is 5.09. The zero-order chi connectivity index (χ0) is 15.7. The van der Waals surface area contributed by atoms with Crippen molar-refractivity contribution in [1.82, 2.24) is 15.1 Å². The summed E-state index contributed by atoms with van der Waals surface area (Å²) in [6, 6.07) is 0.243. The molecule has 1 amide bonds. The minimum absolute atomic E-state index is 0.243. The van der Waals surface area contributed by atoms with Crippen LogP contribution < -0.4 is 5.32 Å². The summed E-state index contributed by atoms with van der Waals surface area (Å²) in [5.41, 5.74) is 0.146. The second kappa shape index (κ2) is 5.72. The monoisotopic (exact) mass is 307 g/mol. The van der Waals surface area contributed by atoms with Crippen LogP contribution in [0, 0.1) is 6.92 Å². The Morgan fingerprint density at radius 2 is 2.09 bits per heavy atom. The van der Waals surface area contributed by atoms with Crippen molar-refractivity contribution in [3.8, 4) is 0 Å². The van der Waals surface area contributed by atoms with Gasteiger partial charge in [0, 0.05) is 18.9 Å². The number of nitrogens with zero attached hydrogens (tertiary/aromatic N) is 2. The van der Waals surface area contributed by atoms with E-state index < -0.39 is 11.5 Å². The molecule has 1 aromatic heterocycles. The molecule has 3 rings (SSSR count). The van der Waals surface area contributed by atoms with Crippen molar-refractivity contribution in [1.29, 1.82) is 0 Å². The number of nitrogens with one attached hydrogen (secondary N) is 1. The number of ether oxygens (including phenoxy) is 1. The molecular weight excluding hydrogens is 286 g/mol. The van der Waals surface area contributed by atoms with Crippen LogP contribution in [0.3, 0.4) is 0 Å². The van der Waals surface area contributed by atoms with E-state index in [0.29, 0.717) is 31.6 Å². The Morgan fingerprint density at radius 1 is 1.41 bits per heavy atom. The topological polar surface area (TPSA) is 93.5 Å². The van der Waals surface area contributed by atoms with E-state index in [0.717, 1.165) is 25.0 Å². The summed E-state index contributed by atoms with van der Waals surface area (Å²) >= 11 is 0. The Balaban J connectivity index is 1.76. The fraction of sp³-hybridized carbons (Fsp3) is 0.667. The number of carboxylic acid groups (broad SMARTS) is 1. The number of hydrogen-bond donors (Lipinski definition) is 2. The van der Waals surface area contributed by atoms with E-state index in [-0.39, 0.29) is 11.9 Å². The average Bonchev–Trinajstić information content (AvgIpc) is 2.85. The molecule has 1 saturated heterocycles. The Hall–Kier alpha value is -1.89. The number of carbonyl (C=O) groups excluding carboxylic acids is 1. The molecule has 120 valence electrons. The molecule has 1 aliphatic carbocycles. The van der Waals surface area contributed by atoms with Crippen LogP contribution in [-0.4, -0.2) is 45.5 Å². The fourth-order valence-electron chi connectivity index (χ4n) is 3.15. The van der Waals surface area contributed by atoms with Crippen LogP contribution in [0.4, 0.5) is 0 Å². The van der Waals surface area contributed by atoms with Gasteiger partial charge >= 0.3 is 5.97 Å². The maximum absolute atomic E-state index is 12.4. The lowest BCUT2D eigenvalue weighted by atomic mass is 9.76. The molecule has 2 N–H and O–H groups in total. The largest absolute Gasteiger partial charge is 0.480 e. The van der Waals surface area contributed by atoms with Crippen molar-refractivity contribution in [3.05, 3.63) is 17.5 Å². The van der Waals surface area contributed by atoms with Gasteiger partial charge in [-0.2, -0.15) is 5.10 Å². The smallest absolute Gasteiger partial charge is 0.329 e. The van der Waals surface area contributed by atoms with E-state index in [1.165, 1.54) is 6.20 Å². The zero-order valence-corrected chi connectivity index (χ0v) is 12.7. The molecule has 22 heavy (non-hydrogen) atoms. The van der Waals surface area contributed by atoms with E-state index in [4.69, 9.17) is 4.74 Å². The van der Waals surface area contributed by atoms with Gasteiger partial charge in [0.1, 0.15) is 5.54 Å². The summed E-state index contributed by atoms with van der Waals surface area (Å²) in [5.74, 6) is -1.31. The highest BCUT2D eigenvalue weighted by atomic mass is 16.5. The van der Waals surface area contributed by atoms with Crippen molar-refractivity contribution in [3.63, 3.8) is 0 Å². The van der Waals surface area contributed by atoms with Gasteiger partial charge in [0.15, 0.2) is 0 Å². The molecule has 0 unspecified atom stereocenters. The SMILES string of the molecule is Cc1c(C(=O)NC2(C(=O)O)CCC2)cnn1C1CCOCC1. The maximum Gasteiger partial charge on any atom is 0.329 e. The van der Waals surface area contributed by atoms with Crippen LogP contribution in [0.15, 0.2) is 6.20 Å². The molecule has 7 heteroatoms. The van der Waals surface area contributed by atoms with Gasteiger partial charge in [-0.25, -0.2) is 4.79 Å². The number of amides is 1. The highest BCUT2D eigenvalue weighted by Gasteiger charge is 2.46. The molecule has 1 saturated carbocycles. The molecule has 2 fully saturated rings. The first-order valence-corrected chi connectivity index (χ1v) is 7.71. The predicted molar refractivity (Wildman–Crippen MR) is 77.7 cm³/mol. The quantitative estimate of drug-likeness (QED) is 0.874. The number of hydrogen-bond acceptors (Lipinski definition) is 4. The summed E-state index contributed by atoms with van der Waals surface area (Å²) in [7, 11) is 0. The molecule has 0 spiro atoms. The highest BCUT2D eigenvalue weighted by Crippen LogP contribution is 2.32. The minimum Gasteiger partial charge on any atom is -0.480 e. The lowest BCUT2D eigenvalue weighted by Gasteiger charge is -2.38. The average molecular weight is 307 g/mol. The Bertz CT molecular complexity index is 586. The third-order valence-electron chi connectivity index (χ3n) is 4.80. The van der Waals surface area contributed by atoms with Crippen molar-refractivity contribution in [2.45, 2.75) is 50.6 Å². The molecule has 1 aromatic rings. The van der Waals surface area contributed by atoms with Crippen molar-refractivity contribution >= 4 is 11.9 Å². The van der Waals surface area contributed by atoms with Gasteiger partial charge in [0.05, 0.1) is 17.8 Å². The van der Waals surface area contributed by atoms with Crippen LogP contribution in [0.25, 0.3) is 0 Å². The molecule has 2 aliphatic rings. The predicted octanol–water partition coefficient (Wildman–Crippen LogP) is 1.28. The van der Waals surface area contributed by atoms with Crippen molar-refractivity contribution in [2.75, 3.05) is 13.2 Å². The minimum atomic E-state index is -1.09. The van der Waals surface area contributed by atoms with Crippen LogP contribution in [0.1, 0.15) is 54.2 Å². The summed E-state index contributed by atoms with van der Waals surface area (Å²) in [5, 5.41) is 16.3. The molecule has 2 heterocycles. The third kappa shape index (κ3) is 2.49. The first-order chi connectivity index (χ1) is 10.5. The van der Waals surface area contributed by atoms with Gasteiger partial charge in [-0.05, 0) is 39.0 Å². The molecular formula is C15H21N3O4. The Kier molecular flexibility index (Phi) is 3.90. The standard InChI is InChI=1S/C15H21N3O4/c1-10-12(9-16-18(10)11-3-7-22-8-4-11)13(19)17-15(14(20)21)5-2-6-15/h9,11H,2-8H2,1H3,(H,17,19)(H,20,21). The van der Waals surface area contributed by atoms with Crippen LogP contribution >= 0.6 is 0 Å². The summed E-state index contributed by atoms with van der Waals surface area (Å²) in [6.45, 7) is 3.26. The van der Waals surface area contributed by atoms with Crippen molar-refractivity contribution < 1.29 is 19.4 Å². The number of aromatic nitrogens is 2. The van der Waals surface area contributed by atoms with Gasteiger partial charge in [-0.3, -0.25) is 9.48 Å². The van der Waals surface area contributed by atoms with Crippen LogP contribution in [-0.2, 0) is 9.53 Å². The molecule has 7 nitrogen and oxygen atoms in total. The van der Waals surface area contributed by atoms with Gasteiger partial charge in [-0.1, -0.05) is 0 Å². The van der Waals surface area contributed by atoms with Gasteiger partial charge in [0.25, 0.3) is 5.91 Å². The first-order valence-electron chi connectivity index (χ1n) is 7.71. The number of carbonyl (C=O) groups is 2. The van der Waals surface area contributed by atoms with Gasteiger partial charge < -0.3 is 15.2 Å². The van der Waals surface area contributed by atoms with Crippen molar-refractivity contribution in [2.24, 2.45) is 0 Å². The highest BCUT2D eigenvalue weighted by molar-refractivity contribution is 5.98.